The Bertz CT molecular complexity index is 1100. The molecule has 3 aromatic rings. The van der Waals surface area contributed by atoms with Crippen molar-refractivity contribution in [1.82, 2.24) is 24.8 Å². The Morgan fingerprint density at radius 2 is 1.74 bits per heavy atom. The van der Waals surface area contributed by atoms with Gasteiger partial charge in [-0.1, -0.05) is 35.5 Å². The first kappa shape index (κ1) is 23.6. The Morgan fingerprint density at radius 1 is 1.03 bits per heavy atom. The Morgan fingerprint density at radius 3 is 2.44 bits per heavy atom. The smallest absolute Gasteiger partial charge is 0.253 e. The Labute approximate surface area is 198 Å². The lowest BCUT2D eigenvalue weighted by Crippen LogP contribution is -2.48. The fraction of sp³-hybridized carbons (Fsp3) is 0.360. The number of carbonyl (C=O) groups is 2. The number of rotatable bonds is 8. The van der Waals surface area contributed by atoms with E-state index in [4.69, 9.17) is 4.52 Å². The number of aryl methyl sites for hydroxylation is 1. The second-order valence-corrected chi connectivity index (χ2v) is 8.41. The predicted molar refractivity (Wildman–Crippen MR) is 123 cm³/mol. The molecule has 0 N–H and O–H groups in total. The van der Waals surface area contributed by atoms with Crippen molar-refractivity contribution in [2.75, 3.05) is 33.2 Å². The van der Waals surface area contributed by atoms with E-state index in [1.165, 1.54) is 24.3 Å². The third-order valence-corrected chi connectivity index (χ3v) is 5.87. The highest BCUT2D eigenvalue weighted by atomic mass is 19.1. The van der Waals surface area contributed by atoms with Gasteiger partial charge >= 0.3 is 0 Å². The van der Waals surface area contributed by atoms with E-state index in [0.29, 0.717) is 69.4 Å². The zero-order valence-electron chi connectivity index (χ0n) is 19.2. The molecule has 34 heavy (non-hydrogen) atoms. The summed E-state index contributed by atoms with van der Waals surface area (Å²) in [7, 11) is 1.79. The van der Waals surface area contributed by atoms with Crippen LogP contribution in [0, 0.1) is 5.82 Å². The molecule has 178 valence electrons. The molecule has 4 rings (SSSR count). The lowest BCUT2D eigenvalue weighted by atomic mass is 10.2. The zero-order valence-corrected chi connectivity index (χ0v) is 19.2. The van der Waals surface area contributed by atoms with Crippen molar-refractivity contribution in [3.05, 3.63) is 83.3 Å². The van der Waals surface area contributed by atoms with Crippen molar-refractivity contribution >= 4 is 11.8 Å². The van der Waals surface area contributed by atoms with Gasteiger partial charge in [-0.05, 0) is 29.8 Å². The summed E-state index contributed by atoms with van der Waals surface area (Å²) in [6.07, 6.45) is 0.694. The SMILES string of the molecule is CN(Cc1ccccc1)C(=O)CCc1nc(CN2CCN(C(=O)c3ccc(F)cc3)CC2)no1. The van der Waals surface area contributed by atoms with Gasteiger partial charge in [0.1, 0.15) is 5.82 Å². The molecule has 1 aliphatic rings. The molecule has 1 saturated heterocycles. The average molecular weight is 466 g/mol. The highest BCUT2D eigenvalue weighted by Gasteiger charge is 2.23. The summed E-state index contributed by atoms with van der Waals surface area (Å²) >= 11 is 0. The third-order valence-electron chi connectivity index (χ3n) is 5.87. The van der Waals surface area contributed by atoms with Crippen LogP contribution in [0.2, 0.25) is 0 Å². The number of amides is 2. The number of nitrogens with zero attached hydrogens (tertiary/aromatic N) is 5. The summed E-state index contributed by atoms with van der Waals surface area (Å²) in [5, 5.41) is 4.04. The number of halogens is 1. The topological polar surface area (TPSA) is 82.8 Å². The van der Waals surface area contributed by atoms with E-state index < -0.39 is 0 Å². The van der Waals surface area contributed by atoms with Crippen molar-refractivity contribution in [2.45, 2.75) is 25.9 Å². The van der Waals surface area contributed by atoms with Crippen molar-refractivity contribution in [1.29, 1.82) is 0 Å². The summed E-state index contributed by atoms with van der Waals surface area (Å²) in [6, 6.07) is 15.5. The largest absolute Gasteiger partial charge is 0.341 e. The van der Waals surface area contributed by atoms with Gasteiger partial charge in [0.2, 0.25) is 11.8 Å². The Balaban J connectivity index is 1.20. The molecule has 9 heteroatoms. The van der Waals surface area contributed by atoms with Crippen LogP contribution < -0.4 is 0 Å². The number of carbonyl (C=O) groups excluding carboxylic acids is 2. The molecule has 0 bridgehead atoms. The first-order chi connectivity index (χ1) is 16.5. The second-order valence-electron chi connectivity index (χ2n) is 8.41. The third kappa shape index (κ3) is 6.26. The van der Waals surface area contributed by atoms with Crippen molar-refractivity contribution in [2.24, 2.45) is 0 Å². The molecular weight excluding hydrogens is 437 g/mol. The number of hydrogen-bond acceptors (Lipinski definition) is 6. The number of benzene rings is 2. The van der Waals surface area contributed by atoms with Crippen LogP contribution in [-0.4, -0.2) is 69.9 Å². The van der Waals surface area contributed by atoms with E-state index in [1.807, 2.05) is 30.3 Å². The van der Waals surface area contributed by atoms with E-state index in [0.717, 1.165) is 5.56 Å². The van der Waals surface area contributed by atoms with Crippen molar-refractivity contribution in [3.8, 4) is 0 Å². The van der Waals surface area contributed by atoms with E-state index in [-0.39, 0.29) is 17.6 Å². The van der Waals surface area contributed by atoms with Gasteiger partial charge in [-0.3, -0.25) is 14.5 Å². The molecule has 0 atom stereocenters. The molecule has 1 fully saturated rings. The average Bonchev–Trinajstić information content (AvgIpc) is 3.31. The predicted octanol–water partition coefficient (Wildman–Crippen LogP) is 2.76. The van der Waals surface area contributed by atoms with Crippen LogP contribution in [-0.2, 0) is 24.3 Å². The molecule has 8 nitrogen and oxygen atoms in total. The summed E-state index contributed by atoms with van der Waals surface area (Å²) in [5.74, 6) is 0.582. The fourth-order valence-corrected chi connectivity index (χ4v) is 3.89. The van der Waals surface area contributed by atoms with E-state index in [1.54, 1.807) is 16.8 Å². The summed E-state index contributed by atoms with van der Waals surface area (Å²) < 4.78 is 18.4. The number of piperazine rings is 1. The highest BCUT2D eigenvalue weighted by Crippen LogP contribution is 2.12. The van der Waals surface area contributed by atoms with Crippen molar-refractivity contribution < 1.29 is 18.5 Å². The minimum atomic E-state index is -0.357. The van der Waals surface area contributed by atoms with E-state index in [2.05, 4.69) is 15.0 Å². The normalized spacial score (nSPS) is 14.2. The minimum Gasteiger partial charge on any atom is -0.341 e. The molecule has 0 aliphatic carbocycles. The molecule has 0 spiro atoms. The summed E-state index contributed by atoms with van der Waals surface area (Å²) in [6.45, 7) is 3.58. The first-order valence-corrected chi connectivity index (χ1v) is 11.3. The van der Waals surface area contributed by atoms with Gasteiger partial charge in [0, 0.05) is 58.2 Å². The second kappa shape index (κ2) is 11.0. The Hall–Kier alpha value is -3.59. The maximum atomic E-state index is 13.1. The van der Waals surface area contributed by atoms with Gasteiger partial charge in [-0.25, -0.2) is 4.39 Å². The van der Waals surface area contributed by atoms with Crippen LogP contribution in [0.4, 0.5) is 4.39 Å². The molecule has 0 radical (unpaired) electrons. The monoisotopic (exact) mass is 465 g/mol. The van der Waals surface area contributed by atoms with E-state index in [9.17, 15) is 14.0 Å². The van der Waals surface area contributed by atoms with Gasteiger partial charge in [0.05, 0.1) is 6.54 Å². The van der Waals surface area contributed by atoms with Gasteiger partial charge in [0.15, 0.2) is 5.82 Å². The molecule has 1 aliphatic heterocycles. The number of hydrogen-bond donors (Lipinski definition) is 0. The van der Waals surface area contributed by atoms with Crippen LogP contribution in [0.15, 0.2) is 59.1 Å². The van der Waals surface area contributed by atoms with Crippen LogP contribution in [0.3, 0.4) is 0 Å². The molecular formula is C25H28FN5O3. The molecule has 0 unspecified atom stereocenters. The zero-order chi connectivity index (χ0) is 23.9. The highest BCUT2D eigenvalue weighted by molar-refractivity contribution is 5.94. The van der Waals surface area contributed by atoms with Crippen molar-refractivity contribution in [3.63, 3.8) is 0 Å². The van der Waals surface area contributed by atoms with Crippen LogP contribution in [0.1, 0.15) is 34.1 Å². The molecule has 2 heterocycles. The molecule has 2 aromatic carbocycles. The molecule has 1 aromatic heterocycles. The van der Waals surface area contributed by atoms with E-state index >= 15 is 0 Å². The fourth-order valence-electron chi connectivity index (χ4n) is 3.89. The Kier molecular flexibility index (Phi) is 7.64. The van der Waals surface area contributed by atoms with Gasteiger partial charge in [-0.2, -0.15) is 4.98 Å². The summed E-state index contributed by atoms with van der Waals surface area (Å²) in [5.41, 5.74) is 1.57. The van der Waals surface area contributed by atoms with Gasteiger partial charge in [0.25, 0.3) is 5.91 Å². The summed E-state index contributed by atoms with van der Waals surface area (Å²) in [4.78, 5) is 35.0. The molecule has 0 saturated carbocycles. The first-order valence-electron chi connectivity index (χ1n) is 11.3. The van der Waals surface area contributed by atoms with Gasteiger partial charge in [-0.15, -0.1) is 0 Å². The van der Waals surface area contributed by atoms with Crippen LogP contribution >= 0.6 is 0 Å². The van der Waals surface area contributed by atoms with Crippen LogP contribution in [0.25, 0.3) is 0 Å². The maximum absolute atomic E-state index is 13.1. The maximum Gasteiger partial charge on any atom is 0.253 e. The number of aromatic nitrogens is 2. The van der Waals surface area contributed by atoms with Crippen LogP contribution in [0.5, 0.6) is 0 Å². The lowest BCUT2D eigenvalue weighted by Gasteiger charge is -2.34. The minimum absolute atomic E-state index is 0.0190. The quantitative estimate of drug-likeness (QED) is 0.509. The lowest BCUT2D eigenvalue weighted by molar-refractivity contribution is -0.130. The van der Waals surface area contributed by atoms with Gasteiger partial charge < -0.3 is 14.3 Å². The molecule has 2 amide bonds. The standard InChI is InChI=1S/C25H28FN5O3/c1-29(17-19-5-3-2-4-6-19)24(32)12-11-23-27-22(28-34-23)18-30-13-15-31(16-14-30)25(33)20-7-9-21(26)10-8-20/h2-10H,11-18H2,1H3.